The van der Waals surface area contributed by atoms with Crippen molar-refractivity contribution in [1.82, 2.24) is 5.06 Å². The molecule has 0 saturated carbocycles. The van der Waals surface area contributed by atoms with Crippen LogP contribution in [-0.4, -0.2) is 39.7 Å². The highest BCUT2D eigenvalue weighted by Gasteiger charge is 2.61. The molecule has 2 heterocycles. The number of Topliss-reactive ketones (excluding diaryl/α,β-unsaturated/α-hetero) is 1. The normalized spacial score (nSPS) is 25.0. The number of hydroxylamine groups is 2. The number of carbonyl (C=O) groups excluding carboxylic acids is 1. The first-order valence-corrected chi connectivity index (χ1v) is 12.1. The van der Waals surface area contributed by atoms with E-state index in [9.17, 15) is 4.79 Å². The number of hydrogen-bond donors (Lipinski definition) is 0. The van der Waals surface area contributed by atoms with Crippen LogP contribution in [0.1, 0.15) is 126 Å². The average Bonchev–Trinajstić information content (AvgIpc) is 2.77. The Morgan fingerprint density at radius 1 is 0.828 bits per heavy atom. The third-order valence-electron chi connectivity index (χ3n) is 6.57. The molecule has 2 aliphatic heterocycles. The number of nitrogens with zero attached hydrogens (tertiary/aromatic N) is 1. The second-order valence-electron chi connectivity index (χ2n) is 11.4. The van der Waals surface area contributed by atoms with Gasteiger partial charge in [0.15, 0.2) is 5.78 Å². The number of unbranched alkanes of at least 4 members (excludes halogenated alkanes) is 8. The summed E-state index contributed by atoms with van der Waals surface area (Å²) in [7, 11) is 0. The van der Waals surface area contributed by atoms with E-state index in [1.165, 1.54) is 51.4 Å². The van der Waals surface area contributed by atoms with Crippen LogP contribution in [0.25, 0.3) is 0 Å². The molecule has 0 aliphatic carbocycles. The molecular weight excluding hydrogens is 362 g/mol. The molecule has 0 bridgehead atoms. The van der Waals surface area contributed by atoms with Crippen LogP contribution < -0.4 is 0 Å². The quantitative estimate of drug-likeness (QED) is 0.360. The summed E-state index contributed by atoms with van der Waals surface area (Å²) in [4.78, 5) is 19.2. The zero-order chi connectivity index (χ0) is 21.8. The molecule has 4 nitrogen and oxygen atoms in total. The van der Waals surface area contributed by atoms with Crippen molar-refractivity contribution in [3.8, 4) is 0 Å². The molecule has 2 saturated heterocycles. The minimum absolute atomic E-state index is 0.239. The summed E-state index contributed by atoms with van der Waals surface area (Å²) in [5, 5.41) is 2.16. The Balaban J connectivity index is 1.79. The first-order valence-electron chi connectivity index (χ1n) is 12.1. The fourth-order valence-electron chi connectivity index (χ4n) is 5.78. The molecule has 2 fully saturated rings. The van der Waals surface area contributed by atoms with Gasteiger partial charge in [0.1, 0.15) is 5.60 Å². The van der Waals surface area contributed by atoms with Gasteiger partial charge in [-0.3, -0.25) is 9.63 Å². The lowest BCUT2D eigenvalue weighted by Gasteiger charge is -2.56. The van der Waals surface area contributed by atoms with E-state index in [1.54, 1.807) is 0 Å². The van der Waals surface area contributed by atoms with Gasteiger partial charge in [0, 0.05) is 30.3 Å². The first-order chi connectivity index (χ1) is 13.4. The Labute approximate surface area is 180 Å². The van der Waals surface area contributed by atoms with E-state index in [0.29, 0.717) is 19.3 Å². The third kappa shape index (κ3) is 6.51. The maximum absolute atomic E-state index is 12.9. The standard InChI is InChI=1S/C25H47NO3/c1-8-9-10-11-12-13-14-15-16-17-28-26-22(2,3)19-25(20-23(26,4)5)21(27)18-24(6,7)29-25/h8-20H2,1-7H3. The molecule has 29 heavy (non-hydrogen) atoms. The average molecular weight is 410 g/mol. The number of ketones is 1. The van der Waals surface area contributed by atoms with Gasteiger partial charge in [-0.1, -0.05) is 58.3 Å². The Morgan fingerprint density at radius 3 is 1.76 bits per heavy atom. The summed E-state index contributed by atoms with van der Waals surface area (Å²) >= 11 is 0. The lowest BCUT2D eigenvalue weighted by Crippen LogP contribution is -2.66. The molecule has 0 unspecified atom stereocenters. The summed E-state index contributed by atoms with van der Waals surface area (Å²) in [5.74, 6) is 0.266. The van der Waals surface area contributed by atoms with Crippen LogP contribution in [0, 0.1) is 0 Å². The van der Waals surface area contributed by atoms with Crippen molar-refractivity contribution in [2.45, 2.75) is 148 Å². The molecular formula is C25H47NO3. The van der Waals surface area contributed by atoms with Crippen molar-refractivity contribution in [3.05, 3.63) is 0 Å². The molecule has 0 radical (unpaired) electrons. The van der Waals surface area contributed by atoms with Gasteiger partial charge in [-0.15, -0.1) is 0 Å². The predicted molar refractivity (Wildman–Crippen MR) is 120 cm³/mol. The Kier molecular flexibility index (Phi) is 8.37. The number of rotatable bonds is 11. The number of piperidine rings is 1. The fraction of sp³-hybridized carbons (Fsp3) is 0.960. The van der Waals surface area contributed by atoms with Crippen LogP contribution in [0.2, 0.25) is 0 Å². The largest absolute Gasteiger partial charge is 0.361 e. The monoisotopic (exact) mass is 409 g/mol. The molecule has 0 aromatic rings. The Bertz CT molecular complexity index is 520. The number of hydrogen-bond acceptors (Lipinski definition) is 4. The molecule has 0 amide bonds. The maximum atomic E-state index is 12.9. The highest BCUT2D eigenvalue weighted by atomic mass is 16.7. The van der Waals surface area contributed by atoms with E-state index in [0.717, 1.165) is 13.0 Å². The molecule has 4 heteroatoms. The van der Waals surface area contributed by atoms with E-state index in [-0.39, 0.29) is 22.5 Å². The van der Waals surface area contributed by atoms with Crippen LogP contribution in [-0.2, 0) is 14.4 Å². The van der Waals surface area contributed by atoms with Crippen molar-refractivity contribution in [2.75, 3.05) is 6.61 Å². The van der Waals surface area contributed by atoms with E-state index in [4.69, 9.17) is 9.57 Å². The highest BCUT2D eigenvalue weighted by Crippen LogP contribution is 2.51. The third-order valence-corrected chi connectivity index (χ3v) is 6.57. The number of ether oxygens (including phenoxy) is 1. The van der Waals surface area contributed by atoms with Gasteiger partial charge in [-0.2, -0.15) is 5.06 Å². The first kappa shape index (κ1) is 24.8. The minimum Gasteiger partial charge on any atom is -0.361 e. The molecule has 0 aromatic heterocycles. The Morgan fingerprint density at radius 2 is 1.31 bits per heavy atom. The highest BCUT2D eigenvalue weighted by molar-refractivity contribution is 5.90. The van der Waals surface area contributed by atoms with Crippen molar-refractivity contribution in [2.24, 2.45) is 0 Å². The number of carbonyl (C=O) groups is 1. The van der Waals surface area contributed by atoms with Crippen molar-refractivity contribution in [1.29, 1.82) is 0 Å². The van der Waals surface area contributed by atoms with Crippen LogP contribution in [0.5, 0.6) is 0 Å². The van der Waals surface area contributed by atoms with Crippen LogP contribution in [0.3, 0.4) is 0 Å². The smallest absolute Gasteiger partial charge is 0.167 e. The van der Waals surface area contributed by atoms with Gasteiger partial charge in [-0.05, 0) is 48.0 Å². The van der Waals surface area contributed by atoms with Crippen molar-refractivity contribution in [3.63, 3.8) is 0 Å². The van der Waals surface area contributed by atoms with Crippen LogP contribution >= 0.6 is 0 Å². The van der Waals surface area contributed by atoms with Crippen LogP contribution in [0.15, 0.2) is 0 Å². The van der Waals surface area contributed by atoms with Gasteiger partial charge in [0.2, 0.25) is 0 Å². The van der Waals surface area contributed by atoms with Crippen LogP contribution in [0.4, 0.5) is 0 Å². The second kappa shape index (κ2) is 9.78. The lowest BCUT2D eigenvalue weighted by molar-refractivity contribution is -0.307. The van der Waals surface area contributed by atoms with Gasteiger partial charge < -0.3 is 4.74 Å². The van der Waals surface area contributed by atoms with E-state index in [2.05, 4.69) is 39.7 Å². The summed E-state index contributed by atoms with van der Waals surface area (Å²) in [6.07, 6.45) is 13.8. The summed E-state index contributed by atoms with van der Waals surface area (Å²) in [6.45, 7) is 15.8. The predicted octanol–water partition coefficient (Wildman–Crippen LogP) is 6.61. The SMILES string of the molecule is CCCCCCCCCCCON1C(C)(C)CC2(CC1(C)C)OC(C)(C)CC2=O. The maximum Gasteiger partial charge on any atom is 0.167 e. The molecule has 170 valence electrons. The molecule has 0 N–H and O–H groups in total. The van der Waals surface area contributed by atoms with E-state index >= 15 is 0 Å². The van der Waals surface area contributed by atoms with E-state index in [1.807, 2.05) is 13.8 Å². The fourth-order valence-corrected chi connectivity index (χ4v) is 5.78. The summed E-state index contributed by atoms with van der Waals surface area (Å²) < 4.78 is 6.38. The Hall–Kier alpha value is -0.450. The van der Waals surface area contributed by atoms with Crippen molar-refractivity contribution >= 4 is 5.78 Å². The molecule has 0 aromatic carbocycles. The zero-order valence-corrected chi connectivity index (χ0v) is 20.4. The van der Waals surface area contributed by atoms with Crippen molar-refractivity contribution < 1.29 is 14.4 Å². The molecule has 2 rings (SSSR count). The van der Waals surface area contributed by atoms with Gasteiger partial charge >= 0.3 is 0 Å². The summed E-state index contributed by atoms with van der Waals surface area (Å²) in [6, 6.07) is 0. The van der Waals surface area contributed by atoms with Gasteiger partial charge in [0.05, 0.1) is 12.2 Å². The van der Waals surface area contributed by atoms with E-state index < -0.39 is 5.60 Å². The molecule has 1 spiro atoms. The molecule has 2 aliphatic rings. The topological polar surface area (TPSA) is 38.8 Å². The lowest BCUT2D eigenvalue weighted by atomic mass is 9.70. The molecule has 0 atom stereocenters. The zero-order valence-electron chi connectivity index (χ0n) is 20.4. The second-order valence-corrected chi connectivity index (χ2v) is 11.4. The minimum atomic E-state index is -0.659. The summed E-state index contributed by atoms with van der Waals surface area (Å²) in [5.41, 5.74) is -1.49. The van der Waals surface area contributed by atoms with Gasteiger partial charge in [-0.25, -0.2) is 0 Å². The van der Waals surface area contributed by atoms with Gasteiger partial charge in [0.25, 0.3) is 0 Å².